The van der Waals surface area contributed by atoms with Crippen LogP contribution in [0.5, 0.6) is 0 Å². The van der Waals surface area contributed by atoms with Crippen LogP contribution in [0, 0.1) is 17.3 Å². The van der Waals surface area contributed by atoms with E-state index in [1.54, 1.807) is 0 Å². The molecule has 0 N–H and O–H groups in total. The molecule has 0 amide bonds. The van der Waals surface area contributed by atoms with Gasteiger partial charge in [0.05, 0.1) is 5.60 Å². The highest BCUT2D eigenvalue weighted by Gasteiger charge is 2.54. The van der Waals surface area contributed by atoms with E-state index >= 15 is 0 Å². The Bertz CT molecular complexity index is 276. The average Bonchev–Trinajstić information content (AvgIpc) is 2.37. The molecule has 2 rings (SSSR count). The molecule has 1 saturated heterocycles. The van der Waals surface area contributed by atoms with Crippen LogP contribution in [0.15, 0.2) is 0 Å². The van der Waals surface area contributed by atoms with Crippen LogP contribution in [0.4, 0.5) is 0 Å². The van der Waals surface area contributed by atoms with Gasteiger partial charge in [-0.05, 0) is 38.0 Å². The number of hydrogen-bond donors (Lipinski definition) is 0. The molecule has 0 spiro atoms. The minimum absolute atomic E-state index is 0.0184. The van der Waals surface area contributed by atoms with Gasteiger partial charge >= 0.3 is 0 Å². The van der Waals surface area contributed by atoms with Crippen LogP contribution in [0.3, 0.4) is 0 Å². The van der Waals surface area contributed by atoms with E-state index in [0.717, 1.165) is 5.92 Å². The topological polar surface area (TPSA) is 12.5 Å². The summed E-state index contributed by atoms with van der Waals surface area (Å²) in [5.41, 5.74) is 0.539. The van der Waals surface area contributed by atoms with E-state index in [1.165, 1.54) is 19.3 Å². The molecule has 2 heteroatoms. The van der Waals surface area contributed by atoms with Gasteiger partial charge in [0.1, 0.15) is 0 Å². The Kier molecular flexibility index (Phi) is 2.87. The van der Waals surface area contributed by atoms with Crippen LogP contribution in [0.1, 0.15) is 53.9 Å². The summed E-state index contributed by atoms with van der Waals surface area (Å²) in [4.78, 5) is 6.04. The smallest absolute Gasteiger partial charge is 0.0887 e. The van der Waals surface area contributed by atoms with E-state index in [4.69, 9.17) is 4.84 Å². The maximum Gasteiger partial charge on any atom is 0.0887 e. The van der Waals surface area contributed by atoms with Crippen molar-refractivity contribution in [3.8, 4) is 0 Å². The lowest BCUT2D eigenvalue weighted by molar-refractivity contribution is -0.182. The van der Waals surface area contributed by atoms with Gasteiger partial charge in [0.25, 0.3) is 0 Å². The van der Waals surface area contributed by atoms with Crippen molar-refractivity contribution in [1.82, 2.24) is 5.06 Å². The third-order valence-corrected chi connectivity index (χ3v) is 5.07. The standard InChI is InChI=1S/C14H27NO/c1-7-14(5)8-10(2)12-11(9-14)13(3,4)16-15(12)6/h10-12H,7-9H2,1-6H3. The summed E-state index contributed by atoms with van der Waals surface area (Å²) in [7, 11) is 2.11. The van der Waals surface area contributed by atoms with Crippen LogP contribution in [0.2, 0.25) is 0 Å². The highest BCUT2D eigenvalue weighted by Crippen LogP contribution is 2.53. The van der Waals surface area contributed by atoms with Gasteiger partial charge < -0.3 is 0 Å². The second kappa shape index (κ2) is 3.71. The van der Waals surface area contributed by atoms with Gasteiger partial charge in [-0.15, -0.1) is 0 Å². The van der Waals surface area contributed by atoms with Gasteiger partial charge in [-0.25, -0.2) is 0 Å². The van der Waals surface area contributed by atoms with Crippen LogP contribution < -0.4 is 0 Å². The molecule has 16 heavy (non-hydrogen) atoms. The molecule has 4 atom stereocenters. The van der Waals surface area contributed by atoms with E-state index in [9.17, 15) is 0 Å². The fourth-order valence-corrected chi connectivity index (χ4v) is 4.09. The molecule has 94 valence electrons. The van der Waals surface area contributed by atoms with E-state index in [2.05, 4.69) is 46.7 Å². The zero-order chi connectivity index (χ0) is 12.1. The second-order valence-electron chi connectivity index (χ2n) is 6.89. The van der Waals surface area contributed by atoms with Gasteiger partial charge in [-0.1, -0.05) is 27.2 Å². The van der Waals surface area contributed by atoms with Crippen molar-refractivity contribution in [2.45, 2.75) is 65.5 Å². The zero-order valence-corrected chi connectivity index (χ0v) is 11.7. The summed E-state index contributed by atoms with van der Waals surface area (Å²) in [6, 6.07) is 0.620. The molecular formula is C14H27NO. The summed E-state index contributed by atoms with van der Waals surface area (Å²) in [5, 5.41) is 2.13. The van der Waals surface area contributed by atoms with Crippen LogP contribution in [-0.4, -0.2) is 23.8 Å². The lowest BCUT2D eigenvalue weighted by Crippen LogP contribution is -2.46. The summed E-state index contributed by atoms with van der Waals surface area (Å²) in [5.74, 6) is 1.43. The van der Waals surface area contributed by atoms with Crippen molar-refractivity contribution >= 4 is 0 Å². The highest BCUT2D eigenvalue weighted by atomic mass is 16.7. The molecule has 2 nitrogen and oxygen atoms in total. The molecule has 0 aromatic rings. The molecule has 1 aliphatic carbocycles. The molecule has 0 aromatic carbocycles. The summed E-state index contributed by atoms with van der Waals surface area (Å²) < 4.78 is 0. The predicted octanol–water partition coefficient (Wildman–Crippen LogP) is 3.47. The van der Waals surface area contributed by atoms with Gasteiger partial charge in [0.2, 0.25) is 0 Å². The fraction of sp³-hybridized carbons (Fsp3) is 1.00. The van der Waals surface area contributed by atoms with Crippen molar-refractivity contribution in [1.29, 1.82) is 0 Å². The third-order valence-electron chi connectivity index (χ3n) is 5.07. The molecule has 1 heterocycles. The Hall–Kier alpha value is -0.0800. The molecule has 2 aliphatic rings. The lowest BCUT2D eigenvalue weighted by atomic mass is 9.60. The van der Waals surface area contributed by atoms with E-state index in [1.807, 2.05) is 0 Å². The second-order valence-corrected chi connectivity index (χ2v) is 6.89. The van der Waals surface area contributed by atoms with Crippen molar-refractivity contribution in [2.24, 2.45) is 17.3 Å². The number of hydroxylamine groups is 2. The monoisotopic (exact) mass is 225 g/mol. The molecular weight excluding hydrogens is 198 g/mol. The van der Waals surface area contributed by atoms with Crippen molar-refractivity contribution in [3.63, 3.8) is 0 Å². The van der Waals surface area contributed by atoms with Crippen molar-refractivity contribution < 1.29 is 4.84 Å². The van der Waals surface area contributed by atoms with Crippen LogP contribution >= 0.6 is 0 Å². The lowest BCUT2D eigenvalue weighted by Gasteiger charge is -2.45. The predicted molar refractivity (Wildman–Crippen MR) is 67.0 cm³/mol. The van der Waals surface area contributed by atoms with Gasteiger partial charge in [-0.2, -0.15) is 5.06 Å². The molecule has 1 saturated carbocycles. The first-order valence-electron chi connectivity index (χ1n) is 6.71. The van der Waals surface area contributed by atoms with E-state index < -0.39 is 0 Å². The highest BCUT2D eigenvalue weighted by molar-refractivity contribution is 5.02. The largest absolute Gasteiger partial charge is 0.293 e. The van der Waals surface area contributed by atoms with Crippen molar-refractivity contribution in [2.75, 3.05) is 7.05 Å². The molecule has 0 radical (unpaired) electrons. The van der Waals surface area contributed by atoms with E-state index in [0.29, 0.717) is 17.4 Å². The normalized spacial score (nSPS) is 48.0. The average molecular weight is 225 g/mol. The molecule has 0 bridgehead atoms. The SMILES string of the molecule is CCC1(C)CC(C)C2C(C1)C(C)(C)ON2C. The van der Waals surface area contributed by atoms with Crippen molar-refractivity contribution in [3.05, 3.63) is 0 Å². The Morgan fingerprint density at radius 2 is 1.88 bits per heavy atom. The Morgan fingerprint density at radius 3 is 2.44 bits per heavy atom. The number of hydrogen-bond acceptors (Lipinski definition) is 2. The number of nitrogens with zero attached hydrogens (tertiary/aromatic N) is 1. The zero-order valence-electron chi connectivity index (χ0n) is 11.7. The first-order chi connectivity index (χ1) is 7.29. The van der Waals surface area contributed by atoms with Crippen LogP contribution in [0.25, 0.3) is 0 Å². The number of rotatable bonds is 1. The van der Waals surface area contributed by atoms with Crippen LogP contribution in [-0.2, 0) is 4.84 Å². The maximum atomic E-state index is 6.04. The minimum Gasteiger partial charge on any atom is -0.293 e. The summed E-state index contributed by atoms with van der Waals surface area (Å²) in [6.07, 6.45) is 3.95. The maximum absolute atomic E-state index is 6.04. The number of fused-ring (bicyclic) bond motifs is 1. The fourth-order valence-electron chi connectivity index (χ4n) is 4.09. The molecule has 1 aliphatic heterocycles. The molecule has 0 aromatic heterocycles. The molecule has 4 unspecified atom stereocenters. The minimum atomic E-state index is 0.0184. The Morgan fingerprint density at radius 1 is 1.25 bits per heavy atom. The van der Waals surface area contributed by atoms with Gasteiger partial charge in [0.15, 0.2) is 0 Å². The van der Waals surface area contributed by atoms with Gasteiger partial charge in [0, 0.05) is 19.0 Å². The first-order valence-corrected chi connectivity index (χ1v) is 6.71. The summed E-state index contributed by atoms with van der Waals surface area (Å²) in [6.45, 7) is 11.7. The summed E-state index contributed by atoms with van der Waals surface area (Å²) >= 11 is 0. The quantitative estimate of drug-likeness (QED) is 0.677. The third kappa shape index (κ3) is 1.80. The van der Waals surface area contributed by atoms with Gasteiger partial charge in [-0.3, -0.25) is 4.84 Å². The Balaban J connectivity index is 2.26. The Labute approximate surface area is 100 Å². The molecule has 2 fully saturated rings. The van der Waals surface area contributed by atoms with E-state index in [-0.39, 0.29) is 5.60 Å². The first kappa shape index (κ1) is 12.4.